The standard InChI is InChI=1S/C24H29N7O2/c1-14(2)30-13-17(15-7-6-10-26-21(15)30)18-11-20(25-4)31-22(28-18)16(12-27-31)23(32)29-19-8-5-9-24(19,3)33/h6-7,10-14,19,25,33H,5,8-9H2,1-4H3,(H,29,32)/t19-,24+/m0/s1. The number of nitrogens with zero attached hydrogens (tertiary/aromatic N) is 5. The van der Waals surface area contributed by atoms with Gasteiger partial charge in [0.15, 0.2) is 5.65 Å². The molecule has 0 bridgehead atoms. The van der Waals surface area contributed by atoms with Gasteiger partial charge in [-0.15, -0.1) is 0 Å². The highest BCUT2D eigenvalue weighted by molar-refractivity contribution is 6.01. The minimum atomic E-state index is -0.904. The number of aromatic nitrogens is 5. The molecule has 9 heteroatoms. The predicted molar refractivity (Wildman–Crippen MR) is 127 cm³/mol. The van der Waals surface area contributed by atoms with E-state index in [1.165, 1.54) is 6.20 Å². The van der Waals surface area contributed by atoms with E-state index < -0.39 is 5.60 Å². The fraction of sp³-hybridized carbons (Fsp3) is 0.417. The van der Waals surface area contributed by atoms with E-state index in [1.807, 2.05) is 25.2 Å². The van der Waals surface area contributed by atoms with E-state index in [-0.39, 0.29) is 18.0 Å². The van der Waals surface area contributed by atoms with Gasteiger partial charge in [-0.05, 0) is 52.2 Å². The maximum Gasteiger partial charge on any atom is 0.257 e. The predicted octanol–water partition coefficient (Wildman–Crippen LogP) is 3.40. The lowest BCUT2D eigenvalue weighted by atomic mass is 10.0. The Morgan fingerprint density at radius 3 is 2.85 bits per heavy atom. The summed E-state index contributed by atoms with van der Waals surface area (Å²) in [4.78, 5) is 22.6. The zero-order valence-electron chi connectivity index (χ0n) is 19.3. The summed E-state index contributed by atoms with van der Waals surface area (Å²) in [5.74, 6) is 0.436. The average molecular weight is 448 g/mol. The molecule has 2 atom stereocenters. The van der Waals surface area contributed by atoms with Crippen molar-refractivity contribution in [1.82, 2.24) is 29.5 Å². The summed E-state index contributed by atoms with van der Waals surface area (Å²) >= 11 is 0. The smallest absolute Gasteiger partial charge is 0.257 e. The fourth-order valence-corrected chi connectivity index (χ4v) is 4.73. The molecule has 1 aliphatic rings. The van der Waals surface area contributed by atoms with Crippen molar-refractivity contribution in [2.24, 2.45) is 0 Å². The third kappa shape index (κ3) is 3.52. The van der Waals surface area contributed by atoms with Crippen LogP contribution in [0, 0.1) is 0 Å². The van der Waals surface area contributed by atoms with Gasteiger partial charge in [-0.1, -0.05) is 0 Å². The number of pyridine rings is 1. The molecule has 33 heavy (non-hydrogen) atoms. The highest BCUT2D eigenvalue weighted by atomic mass is 16.3. The van der Waals surface area contributed by atoms with Crippen LogP contribution in [0.2, 0.25) is 0 Å². The number of carbonyl (C=O) groups is 1. The molecule has 1 fully saturated rings. The first-order valence-electron chi connectivity index (χ1n) is 11.4. The van der Waals surface area contributed by atoms with Gasteiger partial charge in [0.25, 0.3) is 5.91 Å². The number of rotatable bonds is 5. The van der Waals surface area contributed by atoms with Crippen LogP contribution in [-0.2, 0) is 0 Å². The van der Waals surface area contributed by atoms with Crippen molar-refractivity contribution in [3.63, 3.8) is 0 Å². The number of hydrogen-bond acceptors (Lipinski definition) is 6. The normalized spacial score (nSPS) is 20.7. The second-order valence-electron chi connectivity index (χ2n) is 9.26. The van der Waals surface area contributed by atoms with Crippen LogP contribution < -0.4 is 10.6 Å². The Morgan fingerprint density at radius 1 is 1.33 bits per heavy atom. The van der Waals surface area contributed by atoms with Gasteiger partial charge in [0.05, 0.1) is 23.5 Å². The van der Waals surface area contributed by atoms with Crippen LogP contribution in [0.3, 0.4) is 0 Å². The second kappa shape index (κ2) is 7.84. The highest BCUT2D eigenvalue weighted by Crippen LogP contribution is 2.33. The number of carbonyl (C=O) groups excluding carboxylic acids is 1. The highest BCUT2D eigenvalue weighted by Gasteiger charge is 2.38. The Morgan fingerprint density at radius 2 is 2.15 bits per heavy atom. The average Bonchev–Trinajstić information content (AvgIpc) is 3.48. The van der Waals surface area contributed by atoms with Crippen LogP contribution in [0.5, 0.6) is 0 Å². The maximum absolute atomic E-state index is 13.2. The molecule has 1 saturated carbocycles. The second-order valence-corrected chi connectivity index (χ2v) is 9.26. The minimum Gasteiger partial charge on any atom is -0.388 e. The van der Waals surface area contributed by atoms with Crippen LogP contribution >= 0.6 is 0 Å². The summed E-state index contributed by atoms with van der Waals surface area (Å²) in [5, 5.41) is 22.1. The van der Waals surface area contributed by atoms with Gasteiger partial charge in [0.2, 0.25) is 0 Å². The van der Waals surface area contributed by atoms with Gasteiger partial charge >= 0.3 is 0 Å². The monoisotopic (exact) mass is 447 g/mol. The van der Waals surface area contributed by atoms with Gasteiger partial charge in [-0.2, -0.15) is 9.61 Å². The van der Waals surface area contributed by atoms with Crippen LogP contribution in [0.1, 0.15) is 56.4 Å². The van der Waals surface area contributed by atoms with Gasteiger partial charge in [-0.3, -0.25) is 4.79 Å². The third-order valence-electron chi connectivity index (χ3n) is 6.63. The number of amides is 1. The molecule has 0 spiro atoms. The number of aliphatic hydroxyl groups is 1. The third-order valence-corrected chi connectivity index (χ3v) is 6.63. The molecule has 0 unspecified atom stereocenters. The van der Waals surface area contributed by atoms with Gasteiger partial charge in [0, 0.05) is 42.5 Å². The number of hydrogen-bond donors (Lipinski definition) is 3. The zero-order valence-corrected chi connectivity index (χ0v) is 19.3. The summed E-state index contributed by atoms with van der Waals surface area (Å²) in [6, 6.07) is 5.82. The summed E-state index contributed by atoms with van der Waals surface area (Å²) in [7, 11) is 1.81. The number of fused-ring (bicyclic) bond motifs is 2. The summed E-state index contributed by atoms with van der Waals surface area (Å²) in [5.41, 5.74) is 2.50. The lowest BCUT2D eigenvalue weighted by Gasteiger charge is -2.26. The first-order chi connectivity index (χ1) is 15.8. The van der Waals surface area contributed by atoms with Crippen LogP contribution in [0.4, 0.5) is 5.82 Å². The first kappa shape index (κ1) is 21.4. The maximum atomic E-state index is 13.2. The van der Waals surface area contributed by atoms with Crippen molar-refractivity contribution in [3.8, 4) is 11.3 Å². The number of nitrogens with one attached hydrogen (secondary N) is 2. The molecular formula is C24H29N7O2. The first-order valence-corrected chi connectivity index (χ1v) is 11.4. The molecule has 0 aliphatic heterocycles. The van der Waals surface area contributed by atoms with E-state index in [0.29, 0.717) is 17.6 Å². The van der Waals surface area contributed by atoms with E-state index in [4.69, 9.17) is 4.98 Å². The van der Waals surface area contributed by atoms with E-state index in [1.54, 1.807) is 17.6 Å². The SMILES string of the molecule is CNc1cc(-c2cn(C(C)C)c3ncccc23)nc2c(C(=O)N[C@H]3CCC[C@@]3(C)O)cnn12. The molecule has 3 N–H and O–H groups in total. The molecular weight excluding hydrogens is 418 g/mol. The van der Waals surface area contributed by atoms with Gasteiger partial charge in [-0.25, -0.2) is 9.97 Å². The molecule has 0 aromatic carbocycles. The molecule has 0 saturated heterocycles. The molecule has 172 valence electrons. The number of anilines is 1. The van der Waals surface area contributed by atoms with E-state index in [0.717, 1.165) is 41.0 Å². The molecule has 4 aromatic heterocycles. The Labute approximate surface area is 191 Å². The molecule has 5 rings (SSSR count). The summed E-state index contributed by atoms with van der Waals surface area (Å²) < 4.78 is 3.76. The van der Waals surface area contributed by atoms with E-state index in [2.05, 4.69) is 45.3 Å². The van der Waals surface area contributed by atoms with Crippen molar-refractivity contribution in [1.29, 1.82) is 0 Å². The van der Waals surface area contributed by atoms with E-state index in [9.17, 15) is 9.90 Å². The lowest BCUT2D eigenvalue weighted by Crippen LogP contribution is -2.47. The molecule has 9 nitrogen and oxygen atoms in total. The van der Waals surface area contributed by atoms with Crippen molar-refractivity contribution >= 4 is 28.4 Å². The molecule has 4 aromatic rings. The van der Waals surface area contributed by atoms with Crippen molar-refractivity contribution in [2.45, 2.75) is 57.7 Å². The zero-order chi connectivity index (χ0) is 23.3. The quantitative estimate of drug-likeness (QED) is 0.433. The topological polar surface area (TPSA) is 109 Å². The Kier molecular flexibility index (Phi) is 5.08. The van der Waals surface area contributed by atoms with Crippen molar-refractivity contribution in [3.05, 3.63) is 42.4 Å². The van der Waals surface area contributed by atoms with Crippen LogP contribution in [0.15, 0.2) is 36.8 Å². The molecule has 1 amide bonds. The fourth-order valence-electron chi connectivity index (χ4n) is 4.73. The van der Waals surface area contributed by atoms with Crippen LogP contribution in [0.25, 0.3) is 27.9 Å². The largest absolute Gasteiger partial charge is 0.388 e. The Hall–Kier alpha value is -3.46. The van der Waals surface area contributed by atoms with E-state index >= 15 is 0 Å². The van der Waals surface area contributed by atoms with Gasteiger partial charge < -0.3 is 20.3 Å². The molecule has 4 heterocycles. The van der Waals surface area contributed by atoms with Gasteiger partial charge in [0.1, 0.15) is 17.0 Å². The van der Waals surface area contributed by atoms with Crippen molar-refractivity contribution < 1.29 is 9.90 Å². The summed E-state index contributed by atoms with van der Waals surface area (Å²) in [6.07, 6.45) is 7.69. The Balaban J connectivity index is 1.63. The van der Waals surface area contributed by atoms with Crippen molar-refractivity contribution in [2.75, 3.05) is 12.4 Å². The minimum absolute atomic E-state index is 0.235. The summed E-state index contributed by atoms with van der Waals surface area (Å²) in [6.45, 7) is 6.00. The Bertz CT molecular complexity index is 1350. The van der Waals surface area contributed by atoms with Crippen LogP contribution in [-0.4, -0.2) is 53.9 Å². The molecule has 1 aliphatic carbocycles. The lowest BCUT2D eigenvalue weighted by molar-refractivity contribution is 0.0368. The molecule has 0 radical (unpaired) electrons.